The van der Waals surface area contributed by atoms with Gasteiger partial charge in [-0.2, -0.15) is 9.78 Å². The molecule has 0 unspecified atom stereocenters. The SMILES string of the molecule is C/C=C(/N)n1ncc(-c2ccc(Cl)nc2)c1N=CC1CCC(OCCOC)(C(=O)OCCOC)CC1. The number of esters is 1. The second-order valence-electron chi connectivity index (χ2n) is 8.46. The maximum Gasteiger partial charge on any atom is 0.338 e. The summed E-state index contributed by atoms with van der Waals surface area (Å²) in [6.45, 7) is 3.08. The largest absolute Gasteiger partial charge is 0.461 e. The van der Waals surface area contributed by atoms with Gasteiger partial charge in [-0.05, 0) is 56.7 Å². The fraction of sp³-hybridized carbons (Fsp3) is 0.520. The van der Waals surface area contributed by atoms with Crippen LogP contribution in [0.3, 0.4) is 0 Å². The minimum absolute atomic E-state index is 0.141. The van der Waals surface area contributed by atoms with Crippen molar-refractivity contribution in [2.45, 2.75) is 38.2 Å². The first kappa shape index (κ1) is 27.8. The van der Waals surface area contributed by atoms with Crippen molar-refractivity contribution in [1.82, 2.24) is 14.8 Å². The molecule has 0 atom stereocenters. The van der Waals surface area contributed by atoms with E-state index in [0.717, 1.165) is 11.1 Å². The topological polar surface area (TPSA) is 123 Å². The third-order valence-electron chi connectivity index (χ3n) is 6.13. The molecule has 0 bridgehead atoms. The van der Waals surface area contributed by atoms with Gasteiger partial charge >= 0.3 is 5.97 Å². The average Bonchev–Trinajstić information content (AvgIpc) is 3.32. The smallest absolute Gasteiger partial charge is 0.338 e. The van der Waals surface area contributed by atoms with Crippen LogP contribution in [0.25, 0.3) is 16.9 Å². The molecule has 0 amide bonds. The Labute approximate surface area is 216 Å². The van der Waals surface area contributed by atoms with Gasteiger partial charge in [0.15, 0.2) is 11.4 Å². The highest BCUT2D eigenvalue weighted by atomic mass is 35.5. The Balaban J connectivity index is 1.77. The summed E-state index contributed by atoms with van der Waals surface area (Å²) in [6, 6.07) is 3.58. The lowest BCUT2D eigenvalue weighted by Gasteiger charge is -2.37. The molecule has 1 aliphatic carbocycles. The van der Waals surface area contributed by atoms with Gasteiger partial charge in [0.05, 0.1) is 26.0 Å². The third kappa shape index (κ3) is 6.91. The number of halogens is 1. The molecule has 36 heavy (non-hydrogen) atoms. The lowest BCUT2D eigenvalue weighted by molar-refractivity contribution is -0.181. The molecule has 2 aromatic rings. The van der Waals surface area contributed by atoms with Crippen molar-refractivity contribution in [3.05, 3.63) is 35.8 Å². The normalized spacial score (nSPS) is 20.7. The van der Waals surface area contributed by atoms with Crippen LogP contribution in [0.15, 0.2) is 35.6 Å². The Morgan fingerprint density at radius 1 is 1.19 bits per heavy atom. The van der Waals surface area contributed by atoms with E-state index in [9.17, 15) is 4.79 Å². The van der Waals surface area contributed by atoms with Gasteiger partial charge in [0.1, 0.15) is 17.6 Å². The quantitative estimate of drug-likeness (QED) is 0.194. The van der Waals surface area contributed by atoms with Gasteiger partial charge in [-0.1, -0.05) is 11.6 Å². The van der Waals surface area contributed by atoms with E-state index in [-0.39, 0.29) is 18.5 Å². The van der Waals surface area contributed by atoms with E-state index in [1.165, 1.54) is 0 Å². The zero-order chi connectivity index (χ0) is 26.0. The van der Waals surface area contributed by atoms with Gasteiger partial charge in [-0.15, -0.1) is 0 Å². The molecule has 0 aromatic carbocycles. The highest BCUT2D eigenvalue weighted by Crippen LogP contribution is 2.37. The predicted molar refractivity (Wildman–Crippen MR) is 138 cm³/mol. The fourth-order valence-electron chi connectivity index (χ4n) is 4.02. The predicted octanol–water partition coefficient (Wildman–Crippen LogP) is 3.86. The number of hydrogen-bond acceptors (Lipinski definition) is 9. The zero-order valence-electron chi connectivity index (χ0n) is 21.0. The number of methoxy groups -OCH3 is 2. The van der Waals surface area contributed by atoms with Gasteiger partial charge < -0.3 is 24.7 Å². The van der Waals surface area contributed by atoms with Crippen molar-refractivity contribution in [3.8, 4) is 11.1 Å². The summed E-state index contributed by atoms with van der Waals surface area (Å²) in [5.41, 5.74) is 6.78. The molecule has 0 spiro atoms. The maximum atomic E-state index is 12.9. The molecule has 10 nitrogen and oxygen atoms in total. The Bertz CT molecular complexity index is 1050. The first-order valence-electron chi connectivity index (χ1n) is 11.9. The van der Waals surface area contributed by atoms with Crippen LogP contribution in [0.5, 0.6) is 0 Å². The Hall–Kier alpha value is -2.79. The Morgan fingerprint density at radius 2 is 1.92 bits per heavy atom. The van der Waals surface area contributed by atoms with E-state index in [1.54, 1.807) is 43.4 Å². The first-order valence-corrected chi connectivity index (χ1v) is 12.3. The van der Waals surface area contributed by atoms with Crippen LogP contribution in [0, 0.1) is 5.92 Å². The Morgan fingerprint density at radius 3 is 2.56 bits per heavy atom. The molecule has 0 aliphatic heterocycles. The number of aromatic nitrogens is 3. The molecule has 3 rings (SSSR count). The number of aliphatic imine (C=N–C) groups is 1. The van der Waals surface area contributed by atoms with E-state index < -0.39 is 5.60 Å². The van der Waals surface area contributed by atoms with Crippen LogP contribution in [0.1, 0.15) is 32.6 Å². The fourth-order valence-corrected chi connectivity index (χ4v) is 4.14. The van der Waals surface area contributed by atoms with E-state index in [4.69, 9.17) is 41.3 Å². The number of carbonyl (C=O) groups is 1. The molecule has 2 aromatic heterocycles. The number of pyridine rings is 1. The summed E-state index contributed by atoms with van der Waals surface area (Å²) in [5.74, 6) is 0.843. The van der Waals surface area contributed by atoms with Crippen molar-refractivity contribution in [2.75, 3.05) is 40.6 Å². The third-order valence-corrected chi connectivity index (χ3v) is 6.35. The van der Waals surface area contributed by atoms with Crippen molar-refractivity contribution >= 4 is 35.4 Å². The minimum atomic E-state index is -0.992. The van der Waals surface area contributed by atoms with Gasteiger partial charge in [0, 0.05) is 37.8 Å². The number of rotatable bonds is 12. The maximum absolute atomic E-state index is 12.9. The van der Waals surface area contributed by atoms with Gasteiger partial charge in [0.25, 0.3) is 0 Å². The zero-order valence-corrected chi connectivity index (χ0v) is 21.7. The molecule has 196 valence electrons. The van der Waals surface area contributed by atoms with Crippen molar-refractivity contribution in [1.29, 1.82) is 0 Å². The van der Waals surface area contributed by atoms with Crippen LogP contribution < -0.4 is 5.73 Å². The highest BCUT2D eigenvalue weighted by molar-refractivity contribution is 6.29. The first-order chi connectivity index (χ1) is 17.4. The minimum Gasteiger partial charge on any atom is -0.461 e. The molecule has 2 heterocycles. The van der Waals surface area contributed by atoms with Crippen LogP contribution in [-0.4, -0.2) is 73.2 Å². The van der Waals surface area contributed by atoms with Crippen LogP contribution in [-0.2, 0) is 23.7 Å². The molecule has 2 N–H and O–H groups in total. The van der Waals surface area contributed by atoms with Gasteiger partial charge in [0.2, 0.25) is 0 Å². The number of nitrogens with two attached hydrogens (primary N) is 1. The summed E-state index contributed by atoms with van der Waals surface area (Å²) in [4.78, 5) is 21.8. The number of nitrogens with zero attached hydrogens (tertiary/aromatic N) is 4. The number of carbonyl (C=O) groups excluding carboxylic acids is 1. The molecule has 0 saturated heterocycles. The summed E-state index contributed by atoms with van der Waals surface area (Å²) in [5, 5.41) is 4.82. The second kappa shape index (κ2) is 13.5. The standard InChI is InChI=1S/C25H34ClN5O5/c1-4-22(27)31-23(20(17-30-31)19-5-6-21(26)28-16-19)29-15-18-7-9-25(10-8-18,36-14-12-34-3)24(32)35-13-11-33-2/h4-6,15-18H,7-14,27H2,1-3H3/b22-4-,29-15?. The Kier molecular flexibility index (Phi) is 10.4. The lowest BCUT2D eigenvalue weighted by atomic mass is 9.79. The lowest BCUT2D eigenvalue weighted by Crippen LogP contribution is -2.47. The van der Waals surface area contributed by atoms with E-state index >= 15 is 0 Å². The number of ether oxygens (including phenoxy) is 4. The summed E-state index contributed by atoms with van der Waals surface area (Å²) >= 11 is 5.95. The van der Waals surface area contributed by atoms with E-state index in [2.05, 4.69) is 10.1 Å². The molecule has 1 aliphatic rings. The van der Waals surface area contributed by atoms with Gasteiger partial charge in [-0.3, -0.25) is 0 Å². The molecule has 11 heteroatoms. The van der Waals surface area contributed by atoms with Crippen LogP contribution >= 0.6 is 11.6 Å². The second-order valence-corrected chi connectivity index (χ2v) is 8.84. The van der Waals surface area contributed by atoms with Crippen LogP contribution in [0.2, 0.25) is 5.15 Å². The molecule has 1 fully saturated rings. The summed E-state index contributed by atoms with van der Waals surface area (Å²) < 4.78 is 23.1. The summed E-state index contributed by atoms with van der Waals surface area (Å²) in [7, 11) is 3.16. The van der Waals surface area contributed by atoms with Crippen molar-refractivity contribution in [3.63, 3.8) is 0 Å². The van der Waals surface area contributed by atoms with E-state index in [0.29, 0.717) is 62.3 Å². The summed E-state index contributed by atoms with van der Waals surface area (Å²) in [6.07, 6.45) is 9.50. The van der Waals surface area contributed by atoms with Crippen molar-refractivity contribution < 1.29 is 23.7 Å². The number of allylic oxidation sites excluding steroid dienone is 1. The average molecular weight is 520 g/mol. The van der Waals surface area contributed by atoms with Gasteiger partial charge in [-0.25, -0.2) is 14.8 Å². The number of hydrogen-bond donors (Lipinski definition) is 1. The highest BCUT2D eigenvalue weighted by Gasteiger charge is 2.44. The molecular formula is C25H34ClN5O5. The van der Waals surface area contributed by atoms with E-state index in [1.807, 2.05) is 19.2 Å². The molecule has 0 radical (unpaired) electrons. The monoisotopic (exact) mass is 519 g/mol. The van der Waals surface area contributed by atoms with Crippen molar-refractivity contribution in [2.24, 2.45) is 16.6 Å². The van der Waals surface area contributed by atoms with Crippen LogP contribution in [0.4, 0.5) is 5.82 Å². The molecular weight excluding hydrogens is 486 g/mol. The molecule has 1 saturated carbocycles.